The standard InChI is InChI=1S/C17H25N3/c1-6-7-8-9-10-20-13(2)15(11-18)17(4,5)16(12-19)14(20)3/h6-10H2,1-5H3. The number of rotatable bonds is 5. The molecule has 0 unspecified atom stereocenters. The summed E-state index contributed by atoms with van der Waals surface area (Å²) in [5.74, 6) is 0. The van der Waals surface area contributed by atoms with Crippen LogP contribution in [0, 0.1) is 28.1 Å². The van der Waals surface area contributed by atoms with Crippen LogP contribution in [-0.2, 0) is 0 Å². The predicted octanol–water partition coefficient (Wildman–Crippen LogP) is 4.50. The zero-order chi connectivity index (χ0) is 15.3. The van der Waals surface area contributed by atoms with Crippen LogP contribution in [0.3, 0.4) is 0 Å². The van der Waals surface area contributed by atoms with Crippen molar-refractivity contribution in [2.24, 2.45) is 5.41 Å². The molecule has 0 aromatic carbocycles. The Morgan fingerprint density at radius 2 is 1.45 bits per heavy atom. The minimum absolute atomic E-state index is 0.475. The van der Waals surface area contributed by atoms with E-state index in [1.54, 1.807) is 0 Å². The van der Waals surface area contributed by atoms with Crippen molar-refractivity contribution >= 4 is 0 Å². The topological polar surface area (TPSA) is 50.8 Å². The van der Waals surface area contributed by atoms with Crippen molar-refractivity contribution in [2.75, 3.05) is 6.54 Å². The highest BCUT2D eigenvalue weighted by Crippen LogP contribution is 2.43. The van der Waals surface area contributed by atoms with E-state index < -0.39 is 5.41 Å². The molecule has 0 radical (unpaired) electrons. The van der Waals surface area contributed by atoms with Gasteiger partial charge < -0.3 is 4.90 Å². The molecule has 0 amide bonds. The van der Waals surface area contributed by atoms with Gasteiger partial charge in [-0.05, 0) is 20.3 Å². The molecule has 0 N–H and O–H groups in total. The van der Waals surface area contributed by atoms with Crippen molar-refractivity contribution in [3.8, 4) is 12.1 Å². The van der Waals surface area contributed by atoms with Gasteiger partial charge in [0.15, 0.2) is 0 Å². The molecule has 0 atom stereocenters. The van der Waals surface area contributed by atoms with Crippen LogP contribution in [-0.4, -0.2) is 11.4 Å². The Kier molecular flexibility index (Phi) is 5.40. The Labute approximate surface area is 123 Å². The predicted molar refractivity (Wildman–Crippen MR) is 81.3 cm³/mol. The summed E-state index contributed by atoms with van der Waals surface area (Å²) >= 11 is 0. The van der Waals surface area contributed by atoms with Crippen molar-refractivity contribution < 1.29 is 0 Å². The van der Waals surface area contributed by atoms with Gasteiger partial charge in [0.25, 0.3) is 0 Å². The monoisotopic (exact) mass is 271 g/mol. The number of nitrogens with zero attached hydrogens (tertiary/aromatic N) is 3. The summed E-state index contributed by atoms with van der Waals surface area (Å²) < 4.78 is 0. The molecule has 1 aliphatic rings. The zero-order valence-electron chi connectivity index (χ0n) is 13.4. The van der Waals surface area contributed by atoms with Gasteiger partial charge in [-0.3, -0.25) is 0 Å². The van der Waals surface area contributed by atoms with Crippen LogP contribution >= 0.6 is 0 Å². The highest BCUT2D eigenvalue weighted by molar-refractivity contribution is 5.50. The smallest absolute Gasteiger partial charge is 0.0975 e. The molecule has 20 heavy (non-hydrogen) atoms. The second-order valence-electron chi connectivity index (χ2n) is 5.98. The molecule has 3 nitrogen and oxygen atoms in total. The lowest BCUT2D eigenvalue weighted by atomic mass is 9.74. The summed E-state index contributed by atoms with van der Waals surface area (Å²) in [6, 6.07) is 4.63. The van der Waals surface area contributed by atoms with Crippen LogP contribution in [0.15, 0.2) is 22.5 Å². The highest BCUT2D eigenvalue weighted by Gasteiger charge is 2.37. The summed E-state index contributed by atoms with van der Waals surface area (Å²) in [6.07, 6.45) is 4.74. The molecule has 0 fully saturated rings. The second kappa shape index (κ2) is 6.62. The molecule has 1 rings (SSSR count). The van der Waals surface area contributed by atoms with Gasteiger partial charge in [0.2, 0.25) is 0 Å². The van der Waals surface area contributed by atoms with Crippen LogP contribution in [0.4, 0.5) is 0 Å². The fourth-order valence-electron chi connectivity index (χ4n) is 3.02. The quantitative estimate of drug-likeness (QED) is 0.691. The van der Waals surface area contributed by atoms with Crippen molar-refractivity contribution in [3.05, 3.63) is 22.5 Å². The third-order valence-corrected chi connectivity index (χ3v) is 4.24. The molecule has 1 heterocycles. The Morgan fingerprint density at radius 3 is 1.85 bits per heavy atom. The van der Waals surface area contributed by atoms with E-state index in [2.05, 4.69) is 24.0 Å². The van der Waals surface area contributed by atoms with E-state index in [0.717, 1.165) is 35.5 Å². The normalized spacial score (nSPS) is 18.1. The van der Waals surface area contributed by atoms with E-state index in [-0.39, 0.29) is 0 Å². The fraction of sp³-hybridized carbons (Fsp3) is 0.647. The lowest BCUT2D eigenvalue weighted by molar-refractivity contribution is 0.361. The summed E-state index contributed by atoms with van der Waals surface area (Å²) in [7, 11) is 0. The first-order chi connectivity index (χ1) is 9.41. The third-order valence-electron chi connectivity index (χ3n) is 4.24. The number of hydrogen-bond donors (Lipinski definition) is 0. The van der Waals surface area contributed by atoms with E-state index in [0.29, 0.717) is 0 Å². The van der Waals surface area contributed by atoms with Crippen LogP contribution in [0.2, 0.25) is 0 Å². The molecule has 0 saturated heterocycles. The lowest BCUT2D eigenvalue weighted by Gasteiger charge is -2.39. The van der Waals surface area contributed by atoms with Gasteiger partial charge in [-0.2, -0.15) is 10.5 Å². The number of allylic oxidation sites excluding steroid dienone is 4. The molecule has 0 aromatic heterocycles. The van der Waals surface area contributed by atoms with Gasteiger partial charge in [-0.15, -0.1) is 0 Å². The highest BCUT2D eigenvalue weighted by atomic mass is 15.2. The van der Waals surface area contributed by atoms with E-state index in [4.69, 9.17) is 0 Å². The molecule has 0 aliphatic carbocycles. The molecule has 0 spiro atoms. The maximum absolute atomic E-state index is 9.46. The van der Waals surface area contributed by atoms with Crippen molar-refractivity contribution in [3.63, 3.8) is 0 Å². The molecule has 108 valence electrons. The molecular formula is C17H25N3. The average Bonchev–Trinajstić information content (AvgIpc) is 2.38. The second-order valence-corrected chi connectivity index (χ2v) is 5.98. The number of hydrogen-bond acceptors (Lipinski definition) is 3. The zero-order valence-corrected chi connectivity index (χ0v) is 13.4. The minimum atomic E-state index is -0.475. The van der Waals surface area contributed by atoms with Gasteiger partial charge in [0, 0.05) is 23.4 Å². The van der Waals surface area contributed by atoms with Crippen LogP contribution in [0.5, 0.6) is 0 Å². The summed E-state index contributed by atoms with van der Waals surface area (Å²) in [4.78, 5) is 2.15. The number of nitriles is 2. The minimum Gasteiger partial charge on any atom is -0.347 e. The Bertz CT molecular complexity index is 469. The SMILES string of the molecule is CCCCCCN1C(C)=C(C#N)C(C)(C)C(C#N)=C1C. The molecule has 0 aromatic rings. The van der Waals surface area contributed by atoms with E-state index in [1.165, 1.54) is 19.3 Å². The van der Waals surface area contributed by atoms with Gasteiger partial charge in [-0.1, -0.05) is 40.0 Å². The first-order valence-electron chi connectivity index (χ1n) is 7.42. The molecular weight excluding hydrogens is 246 g/mol. The Morgan fingerprint density at radius 1 is 0.950 bits per heavy atom. The first-order valence-corrected chi connectivity index (χ1v) is 7.42. The van der Waals surface area contributed by atoms with Gasteiger partial charge in [0.05, 0.1) is 23.3 Å². The van der Waals surface area contributed by atoms with Gasteiger partial charge >= 0.3 is 0 Å². The summed E-state index contributed by atoms with van der Waals surface area (Å²) in [5.41, 5.74) is 2.97. The molecule has 3 heteroatoms. The number of unbranched alkanes of at least 4 members (excludes halogenated alkanes) is 3. The van der Waals surface area contributed by atoms with E-state index >= 15 is 0 Å². The summed E-state index contributed by atoms with van der Waals surface area (Å²) in [5, 5.41) is 18.9. The Balaban J connectivity index is 3.08. The fourth-order valence-corrected chi connectivity index (χ4v) is 3.02. The van der Waals surface area contributed by atoms with Crippen molar-refractivity contribution in [2.45, 2.75) is 60.3 Å². The lowest BCUT2D eigenvalue weighted by Crippen LogP contribution is -2.34. The largest absolute Gasteiger partial charge is 0.347 e. The van der Waals surface area contributed by atoms with E-state index in [1.807, 2.05) is 27.7 Å². The third kappa shape index (κ3) is 2.88. The van der Waals surface area contributed by atoms with Crippen LogP contribution in [0.1, 0.15) is 60.3 Å². The van der Waals surface area contributed by atoms with Crippen molar-refractivity contribution in [1.82, 2.24) is 4.90 Å². The van der Waals surface area contributed by atoms with E-state index in [9.17, 15) is 10.5 Å². The maximum Gasteiger partial charge on any atom is 0.0975 e. The average molecular weight is 271 g/mol. The first kappa shape index (κ1) is 16.3. The maximum atomic E-state index is 9.46. The summed E-state index contributed by atoms with van der Waals surface area (Å²) in [6.45, 7) is 11.0. The Hall–Kier alpha value is -1.74. The van der Waals surface area contributed by atoms with Crippen molar-refractivity contribution in [1.29, 1.82) is 10.5 Å². The van der Waals surface area contributed by atoms with Gasteiger partial charge in [-0.25, -0.2) is 0 Å². The molecule has 0 bridgehead atoms. The van der Waals surface area contributed by atoms with Crippen LogP contribution in [0.25, 0.3) is 0 Å². The van der Waals surface area contributed by atoms with Crippen LogP contribution < -0.4 is 0 Å². The molecule has 0 saturated carbocycles. The molecule has 1 aliphatic heterocycles. The van der Waals surface area contributed by atoms with Gasteiger partial charge in [0.1, 0.15) is 0 Å².